The second-order valence-corrected chi connectivity index (χ2v) is 5.11. The summed E-state index contributed by atoms with van der Waals surface area (Å²) in [5, 5.41) is 6.04. The maximum absolute atomic E-state index is 11.9. The Morgan fingerprint density at radius 3 is 2.83 bits per heavy atom. The molecule has 18 heavy (non-hydrogen) atoms. The standard InChI is InChI=1S/C13H24N2O3/c1-14-12-9-17-8-11(12)13(16)15-6-7-18-10-4-2-3-5-10/h10-12,14H,2-9H2,1H3,(H,15,16). The van der Waals surface area contributed by atoms with Gasteiger partial charge in [-0.05, 0) is 19.9 Å². The van der Waals surface area contributed by atoms with Crippen LogP contribution in [-0.4, -0.2) is 51.5 Å². The van der Waals surface area contributed by atoms with Gasteiger partial charge in [-0.15, -0.1) is 0 Å². The van der Waals surface area contributed by atoms with E-state index in [1.54, 1.807) is 0 Å². The van der Waals surface area contributed by atoms with Gasteiger partial charge in [0, 0.05) is 12.6 Å². The van der Waals surface area contributed by atoms with E-state index in [0.29, 0.717) is 32.5 Å². The van der Waals surface area contributed by atoms with Gasteiger partial charge in [0.25, 0.3) is 0 Å². The molecule has 0 aromatic heterocycles. The Morgan fingerprint density at radius 2 is 2.11 bits per heavy atom. The van der Waals surface area contributed by atoms with Gasteiger partial charge in [-0.25, -0.2) is 0 Å². The molecule has 2 rings (SSSR count). The summed E-state index contributed by atoms with van der Waals surface area (Å²) in [6, 6.07) is 0.140. The molecule has 0 spiro atoms. The second kappa shape index (κ2) is 7.07. The second-order valence-electron chi connectivity index (χ2n) is 5.11. The summed E-state index contributed by atoms with van der Waals surface area (Å²) < 4.78 is 11.0. The SMILES string of the molecule is CNC1COCC1C(=O)NCCOC1CCCC1. The Balaban J connectivity index is 1.59. The summed E-state index contributed by atoms with van der Waals surface area (Å²) in [7, 11) is 1.86. The molecule has 0 radical (unpaired) electrons. The zero-order valence-corrected chi connectivity index (χ0v) is 11.1. The van der Waals surface area contributed by atoms with Crippen LogP contribution in [0.4, 0.5) is 0 Å². The molecule has 5 heteroatoms. The molecule has 2 N–H and O–H groups in total. The predicted molar refractivity (Wildman–Crippen MR) is 68.4 cm³/mol. The minimum Gasteiger partial charge on any atom is -0.379 e. The topological polar surface area (TPSA) is 59.6 Å². The van der Waals surface area contributed by atoms with E-state index in [1.807, 2.05) is 7.05 Å². The molecule has 1 saturated carbocycles. The number of carbonyl (C=O) groups is 1. The monoisotopic (exact) mass is 256 g/mol. The van der Waals surface area contributed by atoms with Crippen molar-refractivity contribution in [3.8, 4) is 0 Å². The minimum atomic E-state index is -0.0681. The molecule has 1 saturated heterocycles. The molecule has 2 fully saturated rings. The van der Waals surface area contributed by atoms with Crippen LogP contribution in [-0.2, 0) is 14.3 Å². The van der Waals surface area contributed by atoms with Gasteiger partial charge in [-0.2, -0.15) is 0 Å². The van der Waals surface area contributed by atoms with Crippen LogP contribution in [0.15, 0.2) is 0 Å². The van der Waals surface area contributed by atoms with Gasteiger partial charge in [0.15, 0.2) is 0 Å². The molecule has 5 nitrogen and oxygen atoms in total. The van der Waals surface area contributed by atoms with E-state index >= 15 is 0 Å². The van der Waals surface area contributed by atoms with Gasteiger partial charge in [-0.3, -0.25) is 4.79 Å². The Labute approximate surface area is 109 Å². The molecule has 2 atom stereocenters. The zero-order valence-electron chi connectivity index (χ0n) is 11.1. The van der Waals surface area contributed by atoms with E-state index in [0.717, 1.165) is 0 Å². The third-order valence-electron chi connectivity index (χ3n) is 3.85. The Hall–Kier alpha value is -0.650. The number of likely N-dealkylation sites (N-methyl/N-ethyl adjacent to an activating group) is 1. The van der Waals surface area contributed by atoms with Crippen molar-refractivity contribution in [3.63, 3.8) is 0 Å². The first-order valence-electron chi connectivity index (χ1n) is 6.95. The lowest BCUT2D eigenvalue weighted by Crippen LogP contribution is -2.43. The van der Waals surface area contributed by atoms with Crippen LogP contribution in [0.1, 0.15) is 25.7 Å². The van der Waals surface area contributed by atoms with Crippen LogP contribution >= 0.6 is 0 Å². The number of hydrogen-bond donors (Lipinski definition) is 2. The fraction of sp³-hybridized carbons (Fsp3) is 0.923. The lowest BCUT2D eigenvalue weighted by atomic mass is 10.0. The van der Waals surface area contributed by atoms with E-state index < -0.39 is 0 Å². The van der Waals surface area contributed by atoms with Crippen LogP contribution < -0.4 is 10.6 Å². The maximum Gasteiger partial charge on any atom is 0.227 e. The molecule has 104 valence electrons. The zero-order chi connectivity index (χ0) is 12.8. The summed E-state index contributed by atoms with van der Waals surface area (Å²) in [4.78, 5) is 11.9. The van der Waals surface area contributed by atoms with Crippen molar-refractivity contribution >= 4 is 5.91 Å². The minimum absolute atomic E-state index is 0.0681. The van der Waals surface area contributed by atoms with Crippen molar-refractivity contribution in [2.75, 3.05) is 33.4 Å². The van der Waals surface area contributed by atoms with E-state index in [2.05, 4.69) is 10.6 Å². The summed E-state index contributed by atoms with van der Waals surface area (Å²) in [6.45, 7) is 2.35. The molecular weight excluding hydrogens is 232 g/mol. The highest BCUT2D eigenvalue weighted by Crippen LogP contribution is 2.20. The quantitative estimate of drug-likeness (QED) is 0.671. The van der Waals surface area contributed by atoms with Crippen LogP contribution in [0.5, 0.6) is 0 Å². The highest BCUT2D eigenvalue weighted by atomic mass is 16.5. The highest BCUT2D eigenvalue weighted by molar-refractivity contribution is 5.79. The summed E-state index contributed by atoms with van der Waals surface area (Å²) >= 11 is 0. The largest absolute Gasteiger partial charge is 0.379 e. The first kappa shape index (κ1) is 13.8. The van der Waals surface area contributed by atoms with E-state index in [4.69, 9.17) is 9.47 Å². The number of amides is 1. The Bertz CT molecular complexity index is 267. The van der Waals surface area contributed by atoms with E-state index in [-0.39, 0.29) is 17.9 Å². The number of hydrogen-bond acceptors (Lipinski definition) is 4. The molecule has 0 aromatic rings. The lowest BCUT2D eigenvalue weighted by Gasteiger charge is -2.17. The molecular formula is C13H24N2O3. The summed E-state index contributed by atoms with van der Waals surface area (Å²) in [5.41, 5.74) is 0. The van der Waals surface area contributed by atoms with Gasteiger partial charge >= 0.3 is 0 Å². The van der Waals surface area contributed by atoms with Gasteiger partial charge in [-0.1, -0.05) is 12.8 Å². The van der Waals surface area contributed by atoms with Crippen LogP contribution in [0.25, 0.3) is 0 Å². The Morgan fingerprint density at radius 1 is 1.33 bits per heavy atom. The van der Waals surface area contributed by atoms with Crippen molar-refractivity contribution in [3.05, 3.63) is 0 Å². The van der Waals surface area contributed by atoms with Gasteiger partial charge in [0.1, 0.15) is 0 Å². The fourth-order valence-electron chi connectivity index (χ4n) is 2.68. The molecule has 1 aliphatic carbocycles. The third kappa shape index (κ3) is 3.67. The fourth-order valence-corrected chi connectivity index (χ4v) is 2.68. The highest BCUT2D eigenvalue weighted by Gasteiger charge is 2.32. The van der Waals surface area contributed by atoms with Crippen molar-refractivity contribution in [2.24, 2.45) is 5.92 Å². The van der Waals surface area contributed by atoms with Crippen molar-refractivity contribution in [1.29, 1.82) is 0 Å². The van der Waals surface area contributed by atoms with E-state index in [1.165, 1.54) is 25.7 Å². The smallest absolute Gasteiger partial charge is 0.227 e. The van der Waals surface area contributed by atoms with Crippen molar-refractivity contribution < 1.29 is 14.3 Å². The summed E-state index contributed by atoms with van der Waals surface area (Å²) in [5.74, 6) is 0.00310. The lowest BCUT2D eigenvalue weighted by molar-refractivity contribution is -0.125. The molecule has 1 aliphatic heterocycles. The van der Waals surface area contributed by atoms with E-state index in [9.17, 15) is 4.79 Å². The Kier molecular flexibility index (Phi) is 5.41. The molecule has 1 heterocycles. The van der Waals surface area contributed by atoms with Crippen LogP contribution in [0, 0.1) is 5.92 Å². The summed E-state index contributed by atoms with van der Waals surface area (Å²) in [6.07, 6.45) is 5.32. The number of rotatable bonds is 6. The normalized spacial score (nSPS) is 28.7. The number of nitrogens with one attached hydrogen (secondary N) is 2. The van der Waals surface area contributed by atoms with Gasteiger partial charge in [0.05, 0.1) is 31.8 Å². The van der Waals surface area contributed by atoms with Crippen molar-refractivity contribution in [2.45, 2.75) is 37.8 Å². The first-order valence-corrected chi connectivity index (χ1v) is 6.95. The molecule has 0 aromatic carbocycles. The average molecular weight is 256 g/mol. The number of carbonyl (C=O) groups excluding carboxylic acids is 1. The van der Waals surface area contributed by atoms with Gasteiger partial charge in [0.2, 0.25) is 5.91 Å². The van der Waals surface area contributed by atoms with Crippen molar-refractivity contribution in [1.82, 2.24) is 10.6 Å². The third-order valence-corrected chi connectivity index (χ3v) is 3.85. The molecule has 2 aliphatic rings. The molecule has 0 bridgehead atoms. The van der Waals surface area contributed by atoms with Gasteiger partial charge < -0.3 is 20.1 Å². The maximum atomic E-state index is 11.9. The molecule has 1 amide bonds. The first-order chi connectivity index (χ1) is 8.81. The number of ether oxygens (including phenoxy) is 2. The average Bonchev–Trinajstić information content (AvgIpc) is 3.04. The predicted octanol–water partition coefficient (Wildman–Crippen LogP) is 0.296. The van der Waals surface area contributed by atoms with Crippen LogP contribution in [0.3, 0.4) is 0 Å². The molecule has 2 unspecified atom stereocenters. The van der Waals surface area contributed by atoms with Crippen LogP contribution in [0.2, 0.25) is 0 Å².